The first-order chi connectivity index (χ1) is 6.86. The first kappa shape index (κ1) is 9.95. The van der Waals surface area contributed by atoms with Gasteiger partial charge in [0.2, 0.25) is 0 Å². The van der Waals surface area contributed by atoms with Gasteiger partial charge < -0.3 is 0 Å². The van der Waals surface area contributed by atoms with Crippen LogP contribution in [0.25, 0.3) is 0 Å². The Labute approximate surface area is 87.3 Å². The third kappa shape index (κ3) is 1.65. The molecule has 2 fully saturated rings. The summed E-state index contributed by atoms with van der Waals surface area (Å²) in [5.41, 5.74) is 3.00. The second-order valence-corrected chi connectivity index (χ2v) is 4.58. The number of allylic oxidation sites excluding steroid dienone is 2. The second-order valence-electron chi connectivity index (χ2n) is 4.58. The molecule has 0 aromatic rings. The summed E-state index contributed by atoms with van der Waals surface area (Å²) in [5, 5.41) is 0. The van der Waals surface area contributed by atoms with Gasteiger partial charge in [-0.1, -0.05) is 19.4 Å². The number of hydrogen-bond donors (Lipinski definition) is 0. The Morgan fingerprint density at radius 3 is 2.93 bits per heavy atom. The zero-order valence-corrected chi connectivity index (χ0v) is 9.42. The standard InChI is InChI=1S/C13H21N/c1-3-5-11-9-8-10-6-4-7-12(10)13(11)14-2/h5,10,12H,3-4,6-9H2,1-2H3. The number of hydrogen-bond acceptors (Lipinski definition) is 1. The topological polar surface area (TPSA) is 12.4 Å². The summed E-state index contributed by atoms with van der Waals surface area (Å²) in [4.78, 5) is 4.54. The molecule has 78 valence electrons. The zero-order valence-electron chi connectivity index (χ0n) is 9.42. The summed E-state index contributed by atoms with van der Waals surface area (Å²) in [5.74, 6) is 1.77. The molecule has 2 saturated carbocycles. The van der Waals surface area contributed by atoms with Crippen molar-refractivity contribution in [1.82, 2.24) is 0 Å². The van der Waals surface area contributed by atoms with Gasteiger partial charge in [-0.2, -0.15) is 0 Å². The molecule has 0 spiro atoms. The van der Waals surface area contributed by atoms with Crippen LogP contribution in [0.5, 0.6) is 0 Å². The van der Waals surface area contributed by atoms with E-state index in [-0.39, 0.29) is 0 Å². The second kappa shape index (κ2) is 4.29. The van der Waals surface area contributed by atoms with Gasteiger partial charge in [-0.15, -0.1) is 0 Å². The van der Waals surface area contributed by atoms with Crippen LogP contribution < -0.4 is 0 Å². The van der Waals surface area contributed by atoms with Crippen molar-refractivity contribution >= 4 is 5.71 Å². The molecule has 0 N–H and O–H groups in total. The van der Waals surface area contributed by atoms with Crippen LogP contribution in [0, 0.1) is 11.8 Å². The number of fused-ring (bicyclic) bond motifs is 1. The smallest absolute Gasteiger partial charge is 0.0407 e. The van der Waals surface area contributed by atoms with Gasteiger partial charge >= 0.3 is 0 Å². The van der Waals surface area contributed by atoms with Crippen LogP contribution in [0.3, 0.4) is 0 Å². The predicted octanol–water partition coefficient (Wildman–Crippen LogP) is 3.60. The molecule has 2 rings (SSSR count). The van der Waals surface area contributed by atoms with Gasteiger partial charge in [-0.05, 0) is 43.6 Å². The van der Waals surface area contributed by atoms with Gasteiger partial charge in [0.1, 0.15) is 0 Å². The van der Waals surface area contributed by atoms with E-state index in [2.05, 4.69) is 18.0 Å². The third-order valence-electron chi connectivity index (χ3n) is 3.82. The third-order valence-corrected chi connectivity index (χ3v) is 3.82. The molecule has 2 atom stereocenters. The Balaban J connectivity index is 2.21. The summed E-state index contributed by atoms with van der Waals surface area (Å²) in [6.45, 7) is 2.22. The molecule has 2 aliphatic rings. The molecule has 1 nitrogen and oxygen atoms in total. The molecule has 14 heavy (non-hydrogen) atoms. The van der Waals surface area contributed by atoms with E-state index >= 15 is 0 Å². The number of aliphatic imine (C=N–C) groups is 1. The molecular weight excluding hydrogens is 170 g/mol. The fourth-order valence-corrected chi connectivity index (χ4v) is 3.21. The van der Waals surface area contributed by atoms with Gasteiger partial charge in [0.15, 0.2) is 0 Å². The lowest BCUT2D eigenvalue weighted by Crippen LogP contribution is -2.26. The van der Waals surface area contributed by atoms with Crippen LogP contribution in [0.4, 0.5) is 0 Å². The predicted molar refractivity (Wildman–Crippen MR) is 61.8 cm³/mol. The Bertz CT molecular complexity index is 262. The van der Waals surface area contributed by atoms with Gasteiger partial charge in [0.05, 0.1) is 0 Å². The highest BCUT2D eigenvalue weighted by molar-refractivity contribution is 6.02. The maximum Gasteiger partial charge on any atom is 0.0407 e. The van der Waals surface area contributed by atoms with Crippen molar-refractivity contribution in [3.05, 3.63) is 11.6 Å². The number of rotatable bonds is 1. The number of nitrogens with zero attached hydrogens (tertiary/aromatic N) is 1. The highest BCUT2D eigenvalue weighted by Crippen LogP contribution is 2.42. The first-order valence-electron chi connectivity index (χ1n) is 6.03. The highest BCUT2D eigenvalue weighted by atomic mass is 14.7. The maximum atomic E-state index is 4.54. The van der Waals surface area contributed by atoms with E-state index in [0.29, 0.717) is 0 Å². The van der Waals surface area contributed by atoms with Crippen LogP contribution in [0.2, 0.25) is 0 Å². The van der Waals surface area contributed by atoms with Gasteiger partial charge in [-0.25, -0.2) is 0 Å². The summed E-state index contributed by atoms with van der Waals surface area (Å²) in [7, 11) is 1.97. The molecule has 0 aromatic carbocycles. The minimum Gasteiger partial charge on any atom is -0.293 e. The van der Waals surface area contributed by atoms with Crippen molar-refractivity contribution < 1.29 is 0 Å². The first-order valence-corrected chi connectivity index (χ1v) is 6.03. The summed E-state index contributed by atoms with van der Waals surface area (Å²) < 4.78 is 0. The van der Waals surface area contributed by atoms with Gasteiger partial charge in [0.25, 0.3) is 0 Å². The van der Waals surface area contributed by atoms with Gasteiger partial charge in [-0.3, -0.25) is 4.99 Å². The Morgan fingerprint density at radius 2 is 2.21 bits per heavy atom. The minimum atomic E-state index is 0.812. The van der Waals surface area contributed by atoms with E-state index in [4.69, 9.17) is 0 Å². The molecule has 0 radical (unpaired) electrons. The molecule has 1 heteroatoms. The fraction of sp³-hybridized carbons (Fsp3) is 0.769. The normalized spacial score (nSPS) is 37.9. The Morgan fingerprint density at radius 1 is 1.36 bits per heavy atom. The monoisotopic (exact) mass is 191 g/mol. The van der Waals surface area contributed by atoms with Crippen LogP contribution in [0.1, 0.15) is 45.4 Å². The lowest BCUT2D eigenvalue weighted by atomic mass is 9.77. The largest absolute Gasteiger partial charge is 0.293 e. The van der Waals surface area contributed by atoms with Crippen molar-refractivity contribution in [2.45, 2.75) is 45.4 Å². The quantitative estimate of drug-likeness (QED) is 0.600. The van der Waals surface area contributed by atoms with Crippen LogP contribution in [0.15, 0.2) is 16.6 Å². The molecular formula is C13H21N. The lowest BCUT2D eigenvalue weighted by molar-refractivity contribution is 0.426. The average Bonchev–Trinajstić information content (AvgIpc) is 2.66. The molecule has 2 unspecified atom stereocenters. The molecule has 0 amide bonds. The lowest BCUT2D eigenvalue weighted by Gasteiger charge is -2.29. The highest BCUT2D eigenvalue weighted by Gasteiger charge is 2.35. The Hall–Kier alpha value is -0.590. The molecule has 0 bridgehead atoms. The maximum absolute atomic E-state index is 4.54. The minimum absolute atomic E-state index is 0.812. The fourth-order valence-electron chi connectivity index (χ4n) is 3.21. The summed E-state index contributed by atoms with van der Waals surface area (Å²) in [6.07, 6.45) is 10.5. The van der Waals surface area contributed by atoms with Crippen LogP contribution in [-0.4, -0.2) is 12.8 Å². The van der Waals surface area contributed by atoms with E-state index < -0.39 is 0 Å². The van der Waals surface area contributed by atoms with Crippen molar-refractivity contribution in [2.75, 3.05) is 7.05 Å². The SMILES string of the molecule is CCC=C1CCC2CCCC2C1=NC. The van der Waals surface area contributed by atoms with E-state index in [0.717, 1.165) is 18.3 Å². The molecule has 0 heterocycles. The van der Waals surface area contributed by atoms with Crippen molar-refractivity contribution in [3.63, 3.8) is 0 Å². The van der Waals surface area contributed by atoms with E-state index in [1.54, 1.807) is 5.57 Å². The Kier molecular flexibility index (Phi) is 3.05. The van der Waals surface area contributed by atoms with Crippen molar-refractivity contribution in [1.29, 1.82) is 0 Å². The van der Waals surface area contributed by atoms with Crippen molar-refractivity contribution in [2.24, 2.45) is 16.8 Å². The van der Waals surface area contributed by atoms with E-state index in [1.165, 1.54) is 37.8 Å². The zero-order chi connectivity index (χ0) is 9.97. The van der Waals surface area contributed by atoms with Crippen molar-refractivity contribution in [3.8, 4) is 0 Å². The molecule has 0 aromatic heterocycles. The van der Waals surface area contributed by atoms with E-state index in [1.807, 2.05) is 7.05 Å². The molecule has 2 aliphatic carbocycles. The average molecular weight is 191 g/mol. The van der Waals surface area contributed by atoms with Gasteiger partial charge in [0, 0.05) is 18.7 Å². The molecule has 0 saturated heterocycles. The van der Waals surface area contributed by atoms with Crippen LogP contribution >= 0.6 is 0 Å². The summed E-state index contributed by atoms with van der Waals surface area (Å²) in [6, 6.07) is 0. The summed E-state index contributed by atoms with van der Waals surface area (Å²) >= 11 is 0. The molecule has 0 aliphatic heterocycles. The van der Waals surface area contributed by atoms with Crippen LogP contribution in [-0.2, 0) is 0 Å². The van der Waals surface area contributed by atoms with E-state index in [9.17, 15) is 0 Å².